The monoisotopic (exact) mass is 316 g/mol. The number of hydrogen-bond donors (Lipinski definition) is 0. The summed E-state index contributed by atoms with van der Waals surface area (Å²) in [5.74, 6) is 4.86. The first kappa shape index (κ1) is 15.6. The fourth-order valence-corrected chi connectivity index (χ4v) is 5.57. The maximum Gasteiger partial charge on any atom is 0.135 e. The van der Waals surface area contributed by atoms with Gasteiger partial charge >= 0.3 is 0 Å². The van der Waals surface area contributed by atoms with Crippen molar-refractivity contribution in [1.82, 2.24) is 19.7 Å². The fourth-order valence-electron chi connectivity index (χ4n) is 5.57. The number of nitrogens with zero attached hydrogens (tertiary/aromatic N) is 4. The lowest BCUT2D eigenvalue weighted by atomic mass is 10.00. The van der Waals surface area contributed by atoms with Crippen molar-refractivity contribution in [1.29, 1.82) is 0 Å². The lowest BCUT2D eigenvalue weighted by molar-refractivity contribution is 0.129. The zero-order valence-corrected chi connectivity index (χ0v) is 15.0. The largest absolute Gasteiger partial charge is 0.312 e. The summed E-state index contributed by atoms with van der Waals surface area (Å²) >= 11 is 0. The highest BCUT2D eigenvalue weighted by Crippen LogP contribution is 2.46. The standard InChI is InChI=1S/C19H32N4/c1-13(2)19-21-20-14(3)23(19)17-7-9-22(10-8-17)18-11-15-5-4-6-16(15)12-18/h13,15-18H,4-12H2,1-3H3/t15-,16?,18?/m1/s1. The van der Waals surface area contributed by atoms with E-state index in [9.17, 15) is 0 Å². The Morgan fingerprint density at radius 2 is 1.57 bits per heavy atom. The van der Waals surface area contributed by atoms with Crippen molar-refractivity contribution in [3.63, 3.8) is 0 Å². The maximum absolute atomic E-state index is 4.42. The van der Waals surface area contributed by atoms with Gasteiger partial charge in [-0.15, -0.1) is 10.2 Å². The van der Waals surface area contributed by atoms with Gasteiger partial charge in [0.1, 0.15) is 11.6 Å². The molecular formula is C19H32N4. The molecule has 2 saturated carbocycles. The molecule has 1 saturated heterocycles. The van der Waals surface area contributed by atoms with E-state index < -0.39 is 0 Å². The Bertz CT molecular complexity index is 530. The van der Waals surface area contributed by atoms with Crippen LogP contribution in [-0.2, 0) is 0 Å². The van der Waals surface area contributed by atoms with Crippen LogP contribution in [0.15, 0.2) is 0 Å². The second-order valence-electron chi connectivity index (χ2n) is 8.47. The molecule has 2 heterocycles. The minimum Gasteiger partial charge on any atom is -0.312 e. The normalized spacial score (nSPS) is 32.8. The number of aryl methyl sites for hydroxylation is 1. The highest BCUT2D eigenvalue weighted by molar-refractivity contribution is 5.03. The Balaban J connectivity index is 1.39. The van der Waals surface area contributed by atoms with E-state index in [1.807, 2.05) is 0 Å². The number of rotatable bonds is 3. The van der Waals surface area contributed by atoms with Gasteiger partial charge in [-0.05, 0) is 44.4 Å². The molecule has 23 heavy (non-hydrogen) atoms. The van der Waals surface area contributed by atoms with Crippen LogP contribution in [0.25, 0.3) is 0 Å². The SMILES string of the molecule is Cc1nnc(C(C)C)n1C1CCN(C2CC3CCC[C@@H]3C2)CC1. The molecule has 0 N–H and O–H groups in total. The van der Waals surface area contributed by atoms with Crippen molar-refractivity contribution < 1.29 is 0 Å². The van der Waals surface area contributed by atoms with Crippen LogP contribution in [0.3, 0.4) is 0 Å². The van der Waals surface area contributed by atoms with Crippen molar-refractivity contribution >= 4 is 0 Å². The minimum absolute atomic E-state index is 0.462. The van der Waals surface area contributed by atoms with Gasteiger partial charge in [0, 0.05) is 31.1 Å². The first-order valence-electron chi connectivity index (χ1n) is 9.79. The second kappa shape index (κ2) is 6.19. The summed E-state index contributed by atoms with van der Waals surface area (Å²) in [5, 5.41) is 8.77. The molecule has 3 aliphatic rings. The molecule has 0 radical (unpaired) electrons. The molecular weight excluding hydrogens is 284 g/mol. The van der Waals surface area contributed by atoms with Gasteiger partial charge in [0.05, 0.1) is 0 Å². The van der Waals surface area contributed by atoms with Gasteiger partial charge in [-0.1, -0.05) is 33.1 Å². The molecule has 3 fully saturated rings. The van der Waals surface area contributed by atoms with Gasteiger partial charge in [0.25, 0.3) is 0 Å². The fraction of sp³-hybridized carbons (Fsp3) is 0.895. The first-order valence-corrected chi connectivity index (χ1v) is 9.79. The molecule has 2 aliphatic carbocycles. The van der Waals surface area contributed by atoms with Crippen molar-refractivity contribution in [2.24, 2.45) is 11.8 Å². The van der Waals surface area contributed by atoms with Crippen LogP contribution in [0.2, 0.25) is 0 Å². The summed E-state index contributed by atoms with van der Waals surface area (Å²) in [6.45, 7) is 9.11. The summed E-state index contributed by atoms with van der Waals surface area (Å²) in [4.78, 5) is 2.81. The van der Waals surface area contributed by atoms with Gasteiger partial charge in [0.15, 0.2) is 0 Å². The third-order valence-electron chi connectivity index (χ3n) is 6.76. The second-order valence-corrected chi connectivity index (χ2v) is 8.47. The topological polar surface area (TPSA) is 34.0 Å². The molecule has 4 rings (SSSR count). The molecule has 128 valence electrons. The van der Waals surface area contributed by atoms with Crippen LogP contribution in [0.1, 0.15) is 82.4 Å². The molecule has 2 unspecified atom stereocenters. The van der Waals surface area contributed by atoms with Gasteiger partial charge < -0.3 is 9.47 Å². The van der Waals surface area contributed by atoms with Crippen molar-refractivity contribution in [3.8, 4) is 0 Å². The minimum atomic E-state index is 0.462. The summed E-state index contributed by atoms with van der Waals surface area (Å²) < 4.78 is 2.44. The molecule has 4 heteroatoms. The Kier molecular flexibility index (Phi) is 4.21. The van der Waals surface area contributed by atoms with E-state index in [0.717, 1.165) is 23.7 Å². The van der Waals surface area contributed by atoms with Crippen LogP contribution >= 0.6 is 0 Å². The average Bonchev–Trinajstić information content (AvgIpc) is 3.21. The van der Waals surface area contributed by atoms with Crippen LogP contribution in [0.4, 0.5) is 0 Å². The first-order chi connectivity index (χ1) is 11.1. The number of hydrogen-bond acceptors (Lipinski definition) is 3. The van der Waals surface area contributed by atoms with Gasteiger partial charge in [-0.25, -0.2) is 0 Å². The zero-order chi connectivity index (χ0) is 16.0. The lowest BCUT2D eigenvalue weighted by Crippen LogP contribution is -2.41. The molecule has 0 spiro atoms. The highest BCUT2D eigenvalue weighted by atomic mass is 15.3. The summed E-state index contributed by atoms with van der Waals surface area (Å²) in [7, 11) is 0. The molecule has 1 aromatic heterocycles. The van der Waals surface area contributed by atoms with Gasteiger partial charge in [-0.2, -0.15) is 0 Å². The van der Waals surface area contributed by atoms with E-state index in [1.54, 1.807) is 0 Å². The maximum atomic E-state index is 4.42. The van der Waals surface area contributed by atoms with Crippen LogP contribution in [-0.4, -0.2) is 38.8 Å². The van der Waals surface area contributed by atoms with Crippen LogP contribution in [0.5, 0.6) is 0 Å². The molecule has 3 atom stereocenters. The van der Waals surface area contributed by atoms with E-state index in [1.165, 1.54) is 63.9 Å². The predicted octanol–water partition coefficient (Wildman–Crippen LogP) is 3.93. The van der Waals surface area contributed by atoms with Crippen LogP contribution in [0, 0.1) is 18.8 Å². The van der Waals surface area contributed by atoms with E-state index in [4.69, 9.17) is 0 Å². The van der Waals surface area contributed by atoms with Gasteiger partial charge in [-0.3, -0.25) is 0 Å². The number of aromatic nitrogens is 3. The smallest absolute Gasteiger partial charge is 0.135 e. The van der Waals surface area contributed by atoms with E-state index in [0.29, 0.717) is 12.0 Å². The quantitative estimate of drug-likeness (QED) is 0.847. The predicted molar refractivity (Wildman–Crippen MR) is 92.5 cm³/mol. The molecule has 4 nitrogen and oxygen atoms in total. The molecule has 0 bridgehead atoms. The Morgan fingerprint density at radius 1 is 0.913 bits per heavy atom. The summed E-state index contributed by atoms with van der Waals surface area (Å²) in [6, 6.07) is 1.50. The molecule has 1 aliphatic heterocycles. The highest BCUT2D eigenvalue weighted by Gasteiger charge is 2.40. The van der Waals surface area contributed by atoms with Crippen molar-refractivity contribution in [2.45, 2.75) is 83.7 Å². The Labute approximate surface area is 140 Å². The Morgan fingerprint density at radius 3 is 2.17 bits per heavy atom. The molecule has 0 aromatic carbocycles. The van der Waals surface area contributed by atoms with Crippen LogP contribution < -0.4 is 0 Å². The van der Waals surface area contributed by atoms with E-state index in [-0.39, 0.29) is 0 Å². The van der Waals surface area contributed by atoms with E-state index in [2.05, 4.69) is 40.4 Å². The summed E-state index contributed by atoms with van der Waals surface area (Å²) in [6.07, 6.45) is 10.0. The molecule has 0 amide bonds. The Hall–Kier alpha value is -0.900. The number of piperidine rings is 1. The number of likely N-dealkylation sites (tertiary alicyclic amines) is 1. The third kappa shape index (κ3) is 2.84. The molecule has 1 aromatic rings. The zero-order valence-electron chi connectivity index (χ0n) is 15.0. The number of fused-ring (bicyclic) bond motifs is 1. The average molecular weight is 316 g/mol. The lowest BCUT2D eigenvalue weighted by Gasteiger charge is -2.37. The summed E-state index contributed by atoms with van der Waals surface area (Å²) in [5.41, 5.74) is 0. The third-order valence-corrected chi connectivity index (χ3v) is 6.76. The van der Waals surface area contributed by atoms with Crippen molar-refractivity contribution in [3.05, 3.63) is 11.6 Å². The van der Waals surface area contributed by atoms with E-state index >= 15 is 0 Å². The van der Waals surface area contributed by atoms with Gasteiger partial charge in [0.2, 0.25) is 0 Å². The van der Waals surface area contributed by atoms with Crippen molar-refractivity contribution in [2.75, 3.05) is 13.1 Å².